The maximum absolute atomic E-state index is 12.1. The summed E-state index contributed by atoms with van der Waals surface area (Å²) in [7, 11) is 0. The lowest BCUT2D eigenvalue weighted by Crippen LogP contribution is -2.23. The fourth-order valence-corrected chi connectivity index (χ4v) is 2.80. The molecule has 6 heteroatoms. The molecule has 0 fully saturated rings. The molecule has 0 aliphatic heterocycles. The van der Waals surface area contributed by atoms with Gasteiger partial charge >= 0.3 is 0 Å². The Balaban J connectivity index is 1.74. The fourth-order valence-electron chi connectivity index (χ4n) is 2.00. The van der Waals surface area contributed by atoms with Crippen LogP contribution in [0, 0.1) is 0 Å². The number of amides is 1. The number of hydrogen-bond donors (Lipinski definition) is 2. The fraction of sp³-hybridized carbons (Fsp3) is 0.0667. The van der Waals surface area contributed by atoms with Crippen LogP contribution >= 0.6 is 31.9 Å². The number of nitrogens with one attached hydrogen (secondary N) is 2. The molecule has 3 rings (SSSR count). The van der Waals surface area contributed by atoms with Gasteiger partial charge in [0.15, 0.2) is 5.82 Å². The number of carbonyl (C=O) groups is 1. The number of nitrogens with zero attached hydrogens (tertiary/aromatic N) is 1. The molecule has 0 atom stereocenters. The molecule has 0 aliphatic carbocycles. The van der Waals surface area contributed by atoms with Gasteiger partial charge in [-0.15, -0.1) is 0 Å². The minimum absolute atomic E-state index is 0.220. The summed E-state index contributed by atoms with van der Waals surface area (Å²) < 4.78 is 1.92. The van der Waals surface area contributed by atoms with Crippen molar-refractivity contribution in [2.24, 2.45) is 0 Å². The molecular weight excluding hydrogens is 398 g/mol. The second kappa shape index (κ2) is 5.99. The first-order chi connectivity index (χ1) is 10.1. The van der Waals surface area contributed by atoms with Gasteiger partial charge in [0.25, 0.3) is 5.91 Å². The number of carbonyl (C=O) groups excluding carboxylic acids is 1. The normalized spacial score (nSPS) is 10.8. The first kappa shape index (κ1) is 14.3. The van der Waals surface area contributed by atoms with Gasteiger partial charge in [0, 0.05) is 15.5 Å². The molecular formula is C15H11Br2N3O. The first-order valence-electron chi connectivity index (χ1n) is 6.30. The number of aromatic amines is 1. The number of fused-ring (bicyclic) bond motifs is 1. The second-order valence-corrected chi connectivity index (χ2v) is 6.39. The van der Waals surface area contributed by atoms with E-state index in [-0.39, 0.29) is 5.91 Å². The highest BCUT2D eigenvalue weighted by Crippen LogP contribution is 2.17. The molecule has 0 aliphatic rings. The van der Waals surface area contributed by atoms with Crippen LogP contribution in [0.3, 0.4) is 0 Å². The Labute approximate surface area is 138 Å². The van der Waals surface area contributed by atoms with Crippen molar-refractivity contribution in [3.05, 3.63) is 62.8 Å². The molecule has 3 aromatic rings. The zero-order valence-electron chi connectivity index (χ0n) is 10.9. The number of halogens is 2. The van der Waals surface area contributed by atoms with Gasteiger partial charge in [0.2, 0.25) is 0 Å². The number of aromatic nitrogens is 2. The summed E-state index contributed by atoms with van der Waals surface area (Å²) >= 11 is 6.80. The minimum Gasteiger partial charge on any atom is -0.345 e. The van der Waals surface area contributed by atoms with Crippen LogP contribution in [0.5, 0.6) is 0 Å². The summed E-state index contributed by atoms with van der Waals surface area (Å²) in [6.45, 7) is 0.457. The molecule has 106 valence electrons. The predicted molar refractivity (Wildman–Crippen MR) is 89.1 cm³/mol. The molecule has 21 heavy (non-hydrogen) atoms. The van der Waals surface area contributed by atoms with Crippen LogP contribution in [0.4, 0.5) is 0 Å². The lowest BCUT2D eigenvalue weighted by Gasteiger charge is -2.03. The Hall–Kier alpha value is -1.66. The Morgan fingerprint density at radius 3 is 2.76 bits per heavy atom. The van der Waals surface area contributed by atoms with Gasteiger partial charge in [-0.3, -0.25) is 4.79 Å². The monoisotopic (exact) mass is 407 g/mol. The highest BCUT2D eigenvalue weighted by molar-refractivity contribution is 9.10. The van der Waals surface area contributed by atoms with E-state index in [0.717, 1.165) is 25.5 Å². The van der Waals surface area contributed by atoms with E-state index in [4.69, 9.17) is 0 Å². The SMILES string of the molecule is O=C(NCc1cccc(Br)c1)c1nc2cc(Br)ccc2[nH]1. The molecule has 1 heterocycles. The van der Waals surface area contributed by atoms with E-state index in [0.29, 0.717) is 12.4 Å². The van der Waals surface area contributed by atoms with Crippen LogP contribution in [0.25, 0.3) is 11.0 Å². The Morgan fingerprint density at radius 1 is 1.14 bits per heavy atom. The van der Waals surface area contributed by atoms with Gasteiger partial charge in [-0.1, -0.05) is 44.0 Å². The van der Waals surface area contributed by atoms with Crippen LogP contribution in [0.15, 0.2) is 51.4 Å². The van der Waals surface area contributed by atoms with Crippen molar-refractivity contribution in [1.82, 2.24) is 15.3 Å². The molecule has 0 saturated heterocycles. The van der Waals surface area contributed by atoms with E-state index in [9.17, 15) is 4.79 Å². The highest BCUT2D eigenvalue weighted by Gasteiger charge is 2.11. The van der Waals surface area contributed by atoms with Crippen molar-refractivity contribution in [2.75, 3.05) is 0 Å². The van der Waals surface area contributed by atoms with E-state index >= 15 is 0 Å². The zero-order chi connectivity index (χ0) is 14.8. The summed E-state index contributed by atoms with van der Waals surface area (Å²) in [5, 5.41) is 2.85. The van der Waals surface area contributed by atoms with E-state index < -0.39 is 0 Å². The molecule has 1 amide bonds. The molecule has 4 nitrogen and oxygen atoms in total. The van der Waals surface area contributed by atoms with Crippen LogP contribution in [-0.4, -0.2) is 15.9 Å². The average Bonchev–Trinajstić information content (AvgIpc) is 2.88. The smallest absolute Gasteiger partial charge is 0.287 e. The van der Waals surface area contributed by atoms with E-state index in [1.165, 1.54) is 0 Å². The lowest BCUT2D eigenvalue weighted by atomic mass is 10.2. The van der Waals surface area contributed by atoms with Gasteiger partial charge < -0.3 is 10.3 Å². The third kappa shape index (κ3) is 3.33. The standard InChI is InChI=1S/C15H11Br2N3O/c16-10-3-1-2-9(6-10)8-18-15(21)14-19-12-5-4-11(17)7-13(12)20-14/h1-7H,8H2,(H,18,21)(H,19,20). The molecule has 2 N–H and O–H groups in total. The maximum atomic E-state index is 12.1. The van der Waals surface area contributed by atoms with Gasteiger partial charge in [-0.05, 0) is 35.9 Å². The largest absolute Gasteiger partial charge is 0.345 e. The van der Waals surface area contributed by atoms with Gasteiger partial charge in [0.05, 0.1) is 11.0 Å². The maximum Gasteiger partial charge on any atom is 0.287 e. The molecule has 1 aromatic heterocycles. The van der Waals surface area contributed by atoms with Crippen molar-refractivity contribution in [3.8, 4) is 0 Å². The quantitative estimate of drug-likeness (QED) is 0.687. The van der Waals surface area contributed by atoms with Crippen molar-refractivity contribution in [1.29, 1.82) is 0 Å². The second-order valence-electron chi connectivity index (χ2n) is 4.56. The average molecular weight is 409 g/mol. The van der Waals surface area contributed by atoms with Crippen molar-refractivity contribution in [2.45, 2.75) is 6.54 Å². The Kier molecular flexibility index (Phi) is 4.07. The van der Waals surface area contributed by atoms with Crippen molar-refractivity contribution >= 4 is 48.8 Å². The highest BCUT2D eigenvalue weighted by atomic mass is 79.9. The van der Waals surface area contributed by atoms with Crippen LogP contribution in [0.2, 0.25) is 0 Å². The topological polar surface area (TPSA) is 57.8 Å². The van der Waals surface area contributed by atoms with Crippen molar-refractivity contribution < 1.29 is 4.79 Å². The van der Waals surface area contributed by atoms with Gasteiger partial charge in [-0.2, -0.15) is 0 Å². The number of hydrogen-bond acceptors (Lipinski definition) is 2. The summed E-state index contributed by atoms with van der Waals surface area (Å²) in [6, 6.07) is 13.5. The lowest BCUT2D eigenvalue weighted by molar-refractivity contribution is 0.0942. The molecule has 0 unspecified atom stereocenters. The molecule has 0 saturated carbocycles. The number of imidazole rings is 1. The van der Waals surface area contributed by atoms with Crippen molar-refractivity contribution in [3.63, 3.8) is 0 Å². The van der Waals surface area contributed by atoms with E-state index in [1.807, 2.05) is 42.5 Å². The summed E-state index contributed by atoms with van der Waals surface area (Å²) in [5.41, 5.74) is 2.62. The Morgan fingerprint density at radius 2 is 1.95 bits per heavy atom. The predicted octanol–water partition coefficient (Wildman–Crippen LogP) is 4.02. The number of H-pyrrole nitrogens is 1. The van der Waals surface area contributed by atoms with Crippen LogP contribution < -0.4 is 5.32 Å². The molecule has 0 radical (unpaired) electrons. The van der Waals surface area contributed by atoms with E-state index in [1.54, 1.807) is 0 Å². The molecule has 0 bridgehead atoms. The minimum atomic E-state index is -0.220. The summed E-state index contributed by atoms with van der Waals surface area (Å²) in [5.74, 6) is 0.0976. The van der Waals surface area contributed by atoms with Gasteiger partial charge in [0.1, 0.15) is 0 Å². The van der Waals surface area contributed by atoms with Gasteiger partial charge in [-0.25, -0.2) is 4.98 Å². The molecule has 0 spiro atoms. The van der Waals surface area contributed by atoms with E-state index in [2.05, 4.69) is 47.1 Å². The zero-order valence-corrected chi connectivity index (χ0v) is 14.0. The summed E-state index contributed by atoms with van der Waals surface area (Å²) in [4.78, 5) is 19.4. The summed E-state index contributed by atoms with van der Waals surface area (Å²) in [6.07, 6.45) is 0. The van der Waals surface area contributed by atoms with Crippen LogP contribution in [0.1, 0.15) is 16.2 Å². The van der Waals surface area contributed by atoms with Crippen LogP contribution in [-0.2, 0) is 6.54 Å². The first-order valence-corrected chi connectivity index (χ1v) is 7.88. The number of benzene rings is 2. The third-order valence-corrected chi connectivity index (χ3v) is 3.99. The third-order valence-electron chi connectivity index (χ3n) is 3.00. The molecule has 2 aromatic carbocycles. The Bertz CT molecular complexity index is 814. The number of rotatable bonds is 3.